The van der Waals surface area contributed by atoms with Crippen LogP contribution in [-0.4, -0.2) is 21.1 Å². The first-order chi connectivity index (χ1) is 10.5. The van der Waals surface area contributed by atoms with Crippen molar-refractivity contribution in [3.63, 3.8) is 0 Å². The molecule has 0 aromatic carbocycles. The zero-order valence-corrected chi connectivity index (χ0v) is 11.8. The number of rotatable bonds is 4. The molecule has 0 aliphatic heterocycles. The summed E-state index contributed by atoms with van der Waals surface area (Å²) in [5.41, 5.74) is 2.54. The molecule has 1 aliphatic carbocycles. The third kappa shape index (κ3) is 3.52. The second-order valence-corrected chi connectivity index (χ2v) is 5.27. The van der Waals surface area contributed by atoms with E-state index in [-0.39, 0.29) is 12.5 Å². The smallest absolute Gasteiger partial charge is 0.346 e. The molecule has 0 fully saturated rings. The van der Waals surface area contributed by atoms with Gasteiger partial charge in [0, 0.05) is 24.5 Å². The van der Waals surface area contributed by atoms with Gasteiger partial charge in [0.1, 0.15) is 0 Å². The molecule has 22 heavy (non-hydrogen) atoms. The Balaban J connectivity index is 1.69. The molecule has 1 aliphatic rings. The van der Waals surface area contributed by atoms with Gasteiger partial charge in [0.15, 0.2) is 0 Å². The number of fused-ring (bicyclic) bond motifs is 1. The predicted octanol–water partition coefficient (Wildman–Crippen LogP) is 3.47. The summed E-state index contributed by atoms with van der Waals surface area (Å²) in [6.45, 7) is 0. The molecule has 0 saturated carbocycles. The van der Waals surface area contributed by atoms with Crippen molar-refractivity contribution in [3.05, 3.63) is 47.5 Å². The number of nitrogens with zero attached hydrogens (tertiary/aromatic N) is 3. The SMILES string of the molecule is FC(F)(F)CCc1ccnc(N[C@@H]2CCc3cccnc32)n1. The Morgan fingerprint density at radius 3 is 2.86 bits per heavy atom. The fourth-order valence-electron chi connectivity index (χ4n) is 2.58. The minimum Gasteiger partial charge on any atom is -0.346 e. The van der Waals surface area contributed by atoms with Crippen molar-refractivity contribution in [2.75, 3.05) is 5.32 Å². The van der Waals surface area contributed by atoms with E-state index >= 15 is 0 Å². The van der Waals surface area contributed by atoms with Crippen LogP contribution in [0.3, 0.4) is 0 Å². The number of alkyl halides is 3. The molecule has 0 amide bonds. The highest BCUT2D eigenvalue weighted by Gasteiger charge is 2.27. The van der Waals surface area contributed by atoms with Crippen molar-refractivity contribution in [1.82, 2.24) is 15.0 Å². The molecule has 0 unspecified atom stereocenters. The number of aryl methyl sites for hydroxylation is 2. The van der Waals surface area contributed by atoms with Gasteiger partial charge >= 0.3 is 6.18 Å². The molecule has 4 nitrogen and oxygen atoms in total. The lowest BCUT2D eigenvalue weighted by Crippen LogP contribution is -2.13. The summed E-state index contributed by atoms with van der Waals surface area (Å²) >= 11 is 0. The van der Waals surface area contributed by atoms with Crippen LogP contribution in [0.25, 0.3) is 0 Å². The molecule has 0 saturated heterocycles. The van der Waals surface area contributed by atoms with Crippen LogP contribution in [0, 0.1) is 0 Å². The molecule has 1 atom stereocenters. The van der Waals surface area contributed by atoms with E-state index in [1.54, 1.807) is 6.20 Å². The maximum absolute atomic E-state index is 12.3. The van der Waals surface area contributed by atoms with E-state index in [4.69, 9.17) is 0 Å². The zero-order valence-electron chi connectivity index (χ0n) is 11.8. The Morgan fingerprint density at radius 2 is 2.05 bits per heavy atom. The summed E-state index contributed by atoms with van der Waals surface area (Å²) in [7, 11) is 0. The van der Waals surface area contributed by atoms with Crippen molar-refractivity contribution in [3.8, 4) is 0 Å². The maximum atomic E-state index is 12.3. The third-order valence-corrected chi connectivity index (χ3v) is 3.64. The molecule has 2 aromatic heterocycles. The summed E-state index contributed by atoms with van der Waals surface area (Å²) in [5.74, 6) is 0.350. The lowest BCUT2D eigenvalue weighted by Gasteiger charge is -2.13. The van der Waals surface area contributed by atoms with E-state index < -0.39 is 12.6 Å². The fraction of sp³-hybridized carbons (Fsp3) is 0.400. The average molecular weight is 308 g/mol. The Morgan fingerprint density at radius 1 is 1.18 bits per heavy atom. The van der Waals surface area contributed by atoms with E-state index in [2.05, 4.69) is 20.3 Å². The van der Waals surface area contributed by atoms with Crippen LogP contribution in [-0.2, 0) is 12.8 Å². The van der Waals surface area contributed by atoms with E-state index in [1.807, 2.05) is 12.1 Å². The van der Waals surface area contributed by atoms with Crippen molar-refractivity contribution >= 4 is 5.95 Å². The standard InChI is InChI=1S/C15H15F3N4/c16-15(17,18)7-5-11-6-9-20-14(21-11)22-12-4-3-10-2-1-8-19-13(10)12/h1-2,6,8-9,12H,3-5,7H2,(H,20,21,22)/t12-/m1/s1. The quantitative estimate of drug-likeness (QED) is 0.939. The van der Waals surface area contributed by atoms with Crippen LogP contribution >= 0.6 is 0 Å². The Bertz CT molecular complexity index is 657. The summed E-state index contributed by atoms with van der Waals surface area (Å²) in [4.78, 5) is 12.6. The van der Waals surface area contributed by atoms with Crippen molar-refractivity contribution < 1.29 is 13.2 Å². The van der Waals surface area contributed by atoms with E-state index in [0.29, 0.717) is 11.6 Å². The first-order valence-electron chi connectivity index (χ1n) is 7.10. The number of halogens is 3. The molecular weight excluding hydrogens is 293 g/mol. The number of anilines is 1. The summed E-state index contributed by atoms with van der Waals surface area (Å²) in [6, 6.07) is 5.45. The molecule has 2 heterocycles. The first kappa shape index (κ1) is 14.7. The van der Waals surface area contributed by atoms with E-state index in [0.717, 1.165) is 18.5 Å². The second-order valence-electron chi connectivity index (χ2n) is 5.27. The van der Waals surface area contributed by atoms with Gasteiger partial charge in [-0.25, -0.2) is 9.97 Å². The largest absolute Gasteiger partial charge is 0.389 e. The predicted molar refractivity (Wildman–Crippen MR) is 75.3 cm³/mol. The van der Waals surface area contributed by atoms with Crippen molar-refractivity contribution in [2.45, 2.75) is 37.9 Å². The third-order valence-electron chi connectivity index (χ3n) is 3.64. The monoisotopic (exact) mass is 308 g/mol. The normalized spacial score (nSPS) is 17.3. The molecule has 1 N–H and O–H groups in total. The van der Waals surface area contributed by atoms with Crippen LogP contribution in [0.1, 0.15) is 35.8 Å². The molecule has 0 bridgehead atoms. The van der Waals surface area contributed by atoms with Gasteiger partial charge in [-0.05, 0) is 37.0 Å². The number of nitrogens with one attached hydrogen (secondary N) is 1. The average Bonchev–Trinajstić information content (AvgIpc) is 2.88. The summed E-state index contributed by atoms with van der Waals surface area (Å²) < 4.78 is 36.8. The number of hydrogen-bond donors (Lipinski definition) is 1. The Hall–Kier alpha value is -2.18. The van der Waals surface area contributed by atoms with Gasteiger partial charge in [-0.1, -0.05) is 6.07 Å². The van der Waals surface area contributed by atoms with Crippen LogP contribution in [0.5, 0.6) is 0 Å². The van der Waals surface area contributed by atoms with Gasteiger partial charge in [-0.3, -0.25) is 4.98 Å². The van der Waals surface area contributed by atoms with Gasteiger partial charge in [0.05, 0.1) is 11.7 Å². The first-order valence-corrected chi connectivity index (χ1v) is 7.10. The van der Waals surface area contributed by atoms with Gasteiger partial charge in [0.25, 0.3) is 0 Å². The van der Waals surface area contributed by atoms with Crippen molar-refractivity contribution in [2.24, 2.45) is 0 Å². The van der Waals surface area contributed by atoms with Gasteiger partial charge in [-0.2, -0.15) is 13.2 Å². The maximum Gasteiger partial charge on any atom is 0.389 e. The van der Waals surface area contributed by atoms with Gasteiger partial charge in [-0.15, -0.1) is 0 Å². The molecule has 3 rings (SSSR count). The molecule has 2 aromatic rings. The fourth-order valence-corrected chi connectivity index (χ4v) is 2.58. The molecule has 116 valence electrons. The molecule has 0 spiro atoms. The summed E-state index contributed by atoms with van der Waals surface area (Å²) in [5, 5.41) is 3.17. The van der Waals surface area contributed by atoms with Crippen LogP contribution < -0.4 is 5.32 Å². The minimum atomic E-state index is -4.17. The van der Waals surface area contributed by atoms with E-state index in [1.165, 1.54) is 17.8 Å². The van der Waals surface area contributed by atoms with Crippen LogP contribution in [0.15, 0.2) is 30.6 Å². The Kier molecular flexibility index (Phi) is 3.96. The molecule has 0 radical (unpaired) electrons. The van der Waals surface area contributed by atoms with Gasteiger partial charge < -0.3 is 5.32 Å². The van der Waals surface area contributed by atoms with Crippen LogP contribution in [0.4, 0.5) is 19.1 Å². The molecular formula is C15H15F3N4. The lowest BCUT2D eigenvalue weighted by molar-refractivity contribution is -0.134. The summed E-state index contributed by atoms with van der Waals surface area (Å²) in [6.07, 6.45) is -0.170. The highest BCUT2D eigenvalue weighted by molar-refractivity contribution is 5.36. The van der Waals surface area contributed by atoms with Crippen LogP contribution in [0.2, 0.25) is 0 Å². The zero-order chi connectivity index (χ0) is 15.6. The number of aromatic nitrogens is 3. The lowest BCUT2D eigenvalue weighted by atomic mass is 10.2. The number of hydrogen-bond acceptors (Lipinski definition) is 4. The number of pyridine rings is 1. The van der Waals surface area contributed by atoms with Gasteiger partial charge in [0.2, 0.25) is 5.95 Å². The molecule has 7 heteroatoms. The topological polar surface area (TPSA) is 50.7 Å². The highest BCUT2D eigenvalue weighted by atomic mass is 19.4. The van der Waals surface area contributed by atoms with E-state index in [9.17, 15) is 13.2 Å². The highest BCUT2D eigenvalue weighted by Crippen LogP contribution is 2.31. The minimum absolute atomic E-state index is 0.00839. The van der Waals surface area contributed by atoms with Crippen molar-refractivity contribution in [1.29, 1.82) is 0 Å². The Labute approximate surface area is 125 Å². The second kappa shape index (κ2) is 5.90.